The first-order valence-corrected chi connectivity index (χ1v) is 9.83. The number of aromatic nitrogens is 5. The Kier molecular flexibility index (Phi) is 5.08. The van der Waals surface area contributed by atoms with Crippen LogP contribution in [0.5, 0.6) is 0 Å². The number of pyridine rings is 1. The highest BCUT2D eigenvalue weighted by atomic mass is 19.1. The first kappa shape index (κ1) is 19.5. The average Bonchev–Trinajstić information content (AvgIpc) is 3.28. The SMILES string of the molecule is CC(C)(F)Cn1ncc2cnc(-c3[nH]ncc3NC(=O)C3CCC(O)CC3)cc21. The molecule has 4 rings (SSSR count). The Labute approximate surface area is 167 Å². The van der Waals surface area contributed by atoms with E-state index in [1.165, 1.54) is 13.8 Å². The number of hydrogen-bond donors (Lipinski definition) is 3. The third kappa shape index (κ3) is 4.29. The number of fused-ring (bicyclic) bond motifs is 1. The maximum atomic E-state index is 14.1. The van der Waals surface area contributed by atoms with Gasteiger partial charge in [-0.15, -0.1) is 0 Å². The van der Waals surface area contributed by atoms with Crippen molar-refractivity contribution in [3.8, 4) is 11.4 Å². The highest BCUT2D eigenvalue weighted by Crippen LogP contribution is 2.29. The van der Waals surface area contributed by atoms with Gasteiger partial charge in [0.05, 0.1) is 41.9 Å². The summed E-state index contributed by atoms with van der Waals surface area (Å²) in [6.07, 6.45) is 7.20. The normalized spacial score (nSPS) is 20.1. The Morgan fingerprint density at radius 1 is 1.31 bits per heavy atom. The molecule has 0 saturated heterocycles. The van der Waals surface area contributed by atoms with Crippen LogP contribution < -0.4 is 5.32 Å². The molecule has 0 atom stereocenters. The number of aliphatic hydroxyl groups excluding tert-OH is 1. The summed E-state index contributed by atoms with van der Waals surface area (Å²) in [5.74, 6) is -0.199. The van der Waals surface area contributed by atoms with Gasteiger partial charge in [-0.1, -0.05) is 0 Å². The Hall–Kier alpha value is -2.81. The summed E-state index contributed by atoms with van der Waals surface area (Å²) in [4.78, 5) is 17.1. The zero-order chi connectivity index (χ0) is 20.6. The number of carbonyl (C=O) groups is 1. The van der Waals surface area contributed by atoms with E-state index in [-0.39, 0.29) is 24.5 Å². The van der Waals surface area contributed by atoms with E-state index in [9.17, 15) is 14.3 Å². The molecular weight excluding hydrogens is 375 g/mol. The molecule has 0 unspecified atom stereocenters. The number of aromatic amines is 1. The van der Waals surface area contributed by atoms with Crippen LogP contribution in [0.15, 0.2) is 24.7 Å². The number of anilines is 1. The quantitative estimate of drug-likeness (QED) is 0.610. The molecule has 1 amide bonds. The second-order valence-electron chi connectivity index (χ2n) is 8.30. The molecule has 0 aromatic carbocycles. The zero-order valence-electron chi connectivity index (χ0n) is 16.5. The van der Waals surface area contributed by atoms with Gasteiger partial charge in [-0.05, 0) is 45.6 Å². The van der Waals surface area contributed by atoms with E-state index in [2.05, 4.69) is 25.6 Å². The van der Waals surface area contributed by atoms with Crippen molar-refractivity contribution < 1.29 is 14.3 Å². The highest BCUT2D eigenvalue weighted by Gasteiger charge is 2.26. The first-order chi connectivity index (χ1) is 13.8. The van der Waals surface area contributed by atoms with E-state index in [1.54, 1.807) is 23.3 Å². The number of amides is 1. The molecule has 29 heavy (non-hydrogen) atoms. The molecule has 3 aromatic heterocycles. The van der Waals surface area contributed by atoms with E-state index >= 15 is 0 Å². The lowest BCUT2D eigenvalue weighted by atomic mass is 9.87. The van der Waals surface area contributed by atoms with E-state index in [1.807, 2.05) is 6.07 Å². The number of alkyl halides is 1. The maximum Gasteiger partial charge on any atom is 0.227 e. The fraction of sp³-hybridized carbons (Fsp3) is 0.500. The van der Waals surface area contributed by atoms with Gasteiger partial charge in [0, 0.05) is 17.5 Å². The van der Waals surface area contributed by atoms with Crippen LogP contribution in [0.3, 0.4) is 0 Å². The second kappa shape index (κ2) is 7.55. The van der Waals surface area contributed by atoms with Crippen molar-refractivity contribution in [2.45, 2.75) is 57.8 Å². The summed E-state index contributed by atoms with van der Waals surface area (Å²) >= 11 is 0. The van der Waals surface area contributed by atoms with Crippen molar-refractivity contribution in [3.63, 3.8) is 0 Å². The van der Waals surface area contributed by atoms with E-state index in [4.69, 9.17) is 0 Å². The highest BCUT2D eigenvalue weighted by molar-refractivity contribution is 5.96. The summed E-state index contributed by atoms with van der Waals surface area (Å²) in [6, 6.07) is 1.81. The topological polar surface area (TPSA) is 109 Å². The predicted molar refractivity (Wildman–Crippen MR) is 107 cm³/mol. The lowest BCUT2D eigenvalue weighted by molar-refractivity contribution is -0.121. The molecule has 1 aliphatic rings. The van der Waals surface area contributed by atoms with Gasteiger partial charge < -0.3 is 10.4 Å². The lowest BCUT2D eigenvalue weighted by Crippen LogP contribution is -2.28. The van der Waals surface area contributed by atoms with Crippen LogP contribution in [0.1, 0.15) is 39.5 Å². The maximum absolute atomic E-state index is 14.1. The lowest BCUT2D eigenvalue weighted by Gasteiger charge is -2.24. The summed E-state index contributed by atoms with van der Waals surface area (Å²) in [5, 5.41) is 24.6. The van der Waals surface area contributed by atoms with Gasteiger partial charge in [-0.25, -0.2) is 4.39 Å². The van der Waals surface area contributed by atoms with Gasteiger partial charge in [0.15, 0.2) is 0 Å². The van der Waals surface area contributed by atoms with Crippen LogP contribution in [0, 0.1) is 5.92 Å². The summed E-state index contributed by atoms with van der Waals surface area (Å²) in [7, 11) is 0. The molecule has 1 aliphatic carbocycles. The van der Waals surface area contributed by atoms with Gasteiger partial charge in [-0.3, -0.25) is 19.6 Å². The van der Waals surface area contributed by atoms with Crippen molar-refractivity contribution in [2.75, 3.05) is 5.32 Å². The van der Waals surface area contributed by atoms with E-state index in [0.717, 1.165) is 10.9 Å². The van der Waals surface area contributed by atoms with Crippen LogP contribution in [0.4, 0.5) is 10.1 Å². The average molecular weight is 400 g/mol. The molecule has 3 aromatic rings. The first-order valence-electron chi connectivity index (χ1n) is 9.83. The molecule has 3 N–H and O–H groups in total. The van der Waals surface area contributed by atoms with E-state index < -0.39 is 5.67 Å². The molecule has 9 heteroatoms. The fourth-order valence-corrected chi connectivity index (χ4v) is 3.74. The Morgan fingerprint density at radius 2 is 2.07 bits per heavy atom. The molecule has 1 saturated carbocycles. The smallest absolute Gasteiger partial charge is 0.227 e. The number of H-pyrrole nitrogens is 1. The zero-order valence-corrected chi connectivity index (χ0v) is 16.5. The standard InChI is InChI=1S/C20H25FN6O2/c1-20(2,21)11-27-17-7-15(22-8-13(17)9-24-27)18-16(10-23-26-18)25-19(29)12-3-5-14(28)6-4-12/h7-10,12,14,28H,3-6,11H2,1-2H3,(H,23,26)(H,25,29). The van der Waals surface area contributed by atoms with Gasteiger partial charge >= 0.3 is 0 Å². The number of aliphatic hydroxyl groups is 1. The molecule has 1 fully saturated rings. The Bertz CT molecular complexity index is 1010. The van der Waals surface area contributed by atoms with Gasteiger partial charge in [0.1, 0.15) is 11.4 Å². The summed E-state index contributed by atoms with van der Waals surface area (Å²) in [5.41, 5.74) is 1.08. The van der Waals surface area contributed by atoms with Crippen LogP contribution in [0.2, 0.25) is 0 Å². The largest absolute Gasteiger partial charge is 0.393 e. The van der Waals surface area contributed by atoms with Crippen molar-refractivity contribution in [1.29, 1.82) is 0 Å². The van der Waals surface area contributed by atoms with Crippen molar-refractivity contribution in [2.24, 2.45) is 5.92 Å². The Morgan fingerprint density at radius 3 is 2.79 bits per heavy atom. The molecule has 3 heterocycles. The number of carbonyl (C=O) groups excluding carboxylic acids is 1. The van der Waals surface area contributed by atoms with Crippen LogP contribution in [-0.4, -0.2) is 47.7 Å². The molecule has 0 radical (unpaired) electrons. The van der Waals surface area contributed by atoms with Crippen molar-refractivity contribution >= 4 is 22.5 Å². The summed E-state index contributed by atoms with van der Waals surface area (Å²) < 4.78 is 15.7. The monoisotopic (exact) mass is 400 g/mol. The van der Waals surface area contributed by atoms with Crippen molar-refractivity contribution in [3.05, 3.63) is 24.7 Å². The summed E-state index contributed by atoms with van der Waals surface area (Å²) in [6.45, 7) is 3.14. The number of nitrogens with zero attached hydrogens (tertiary/aromatic N) is 4. The fourth-order valence-electron chi connectivity index (χ4n) is 3.74. The number of rotatable bonds is 5. The van der Waals surface area contributed by atoms with Gasteiger partial charge in [0.2, 0.25) is 5.91 Å². The predicted octanol–water partition coefficient (Wildman–Crippen LogP) is 3.06. The van der Waals surface area contributed by atoms with Crippen molar-refractivity contribution in [1.82, 2.24) is 25.0 Å². The number of hydrogen-bond acceptors (Lipinski definition) is 5. The van der Waals surface area contributed by atoms with Gasteiger partial charge in [-0.2, -0.15) is 10.2 Å². The second-order valence-corrected chi connectivity index (χ2v) is 8.30. The van der Waals surface area contributed by atoms with Crippen LogP contribution >= 0.6 is 0 Å². The molecule has 154 valence electrons. The minimum atomic E-state index is -1.40. The minimum Gasteiger partial charge on any atom is -0.393 e. The number of nitrogens with one attached hydrogen (secondary N) is 2. The van der Waals surface area contributed by atoms with E-state index in [0.29, 0.717) is 42.8 Å². The molecular formula is C20H25FN6O2. The third-order valence-electron chi connectivity index (χ3n) is 5.27. The van der Waals surface area contributed by atoms with Crippen LogP contribution in [-0.2, 0) is 11.3 Å². The van der Waals surface area contributed by atoms with Gasteiger partial charge in [0.25, 0.3) is 0 Å². The minimum absolute atomic E-state index is 0.0788. The number of halogens is 1. The molecule has 8 nitrogen and oxygen atoms in total. The van der Waals surface area contributed by atoms with Crippen LogP contribution in [0.25, 0.3) is 22.3 Å². The molecule has 0 bridgehead atoms. The third-order valence-corrected chi connectivity index (χ3v) is 5.27. The molecule has 0 spiro atoms. The molecule has 0 aliphatic heterocycles. The Balaban J connectivity index is 1.58.